The number of ether oxygens (including phenoxy) is 2. The van der Waals surface area contributed by atoms with Gasteiger partial charge in [0.25, 0.3) is 5.91 Å². The molecule has 0 fully saturated rings. The predicted molar refractivity (Wildman–Crippen MR) is 113 cm³/mol. The molecule has 0 spiro atoms. The molecular weight excluding hydrogens is 401 g/mol. The first-order valence-corrected chi connectivity index (χ1v) is 9.71. The molecule has 8 heteroatoms. The molecule has 1 atom stereocenters. The molecule has 3 aromatic rings. The third kappa shape index (κ3) is 3.89. The fraction of sp³-hybridized carbons (Fsp3) is 0.217. The number of fused-ring (bicyclic) bond motifs is 1. The van der Waals surface area contributed by atoms with E-state index in [0.29, 0.717) is 22.6 Å². The highest BCUT2D eigenvalue weighted by Crippen LogP contribution is 2.40. The second kappa shape index (κ2) is 8.61. The van der Waals surface area contributed by atoms with E-state index in [0.717, 1.165) is 0 Å². The van der Waals surface area contributed by atoms with Crippen molar-refractivity contribution in [3.8, 4) is 11.5 Å². The van der Waals surface area contributed by atoms with Crippen LogP contribution in [-0.2, 0) is 6.54 Å². The molecule has 0 saturated carbocycles. The van der Waals surface area contributed by atoms with Crippen LogP contribution in [0.3, 0.4) is 0 Å². The molecule has 1 aromatic heterocycles. The third-order valence-corrected chi connectivity index (χ3v) is 5.24. The number of nitrogens with one attached hydrogen (secondary N) is 1. The van der Waals surface area contributed by atoms with E-state index in [1.54, 1.807) is 42.5 Å². The predicted octanol–water partition coefficient (Wildman–Crippen LogP) is 3.67. The van der Waals surface area contributed by atoms with Crippen molar-refractivity contribution in [1.82, 2.24) is 9.88 Å². The molecule has 1 aliphatic heterocycles. The van der Waals surface area contributed by atoms with Crippen molar-refractivity contribution in [2.75, 3.05) is 26.1 Å². The number of amides is 1. The highest BCUT2D eigenvalue weighted by molar-refractivity contribution is 5.99. The lowest BCUT2D eigenvalue weighted by Crippen LogP contribution is -2.39. The summed E-state index contributed by atoms with van der Waals surface area (Å²) in [6.45, 7) is 0.295. The van der Waals surface area contributed by atoms with Crippen molar-refractivity contribution in [3.63, 3.8) is 0 Å². The molecule has 31 heavy (non-hydrogen) atoms. The van der Waals surface area contributed by atoms with E-state index < -0.39 is 11.9 Å². The smallest absolute Gasteiger partial charge is 0.258 e. The van der Waals surface area contributed by atoms with Gasteiger partial charge >= 0.3 is 0 Å². The van der Waals surface area contributed by atoms with Gasteiger partial charge in [0.15, 0.2) is 0 Å². The van der Waals surface area contributed by atoms with Crippen LogP contribution in [0.25, 0.3) is 0 Å². The molecule has 1 amide bonds. The number of rotatable bonds is 5. The Labute approximate surface area is 179 Å². The van der Waals surface area contributed by atoms with Crippen LogP contribution in [0, 0.1) is 5.82 Å². The molecule has 0 bridgehead atoms. The van der Waals surface area contributed by atoms with Crippen molar-refractivity contribution in [3.05, 3.63) is 77.2 Å². The van der Waals surface area contributed by atoms with Crippen molar-refractivity contribution in [2.24, 2.45) is 0 Å². The molecular formula is C23H22FN3O4. The Bertz CT molecular complexity index is 1120. The highest BCUT2D eigenvalue weighted by Gasteiger charge is 2.33. The number of halogens is 1. The first-order chi connectivity index (χ1) is 15.0. The Balaban J connectivity index is 1.67. The number of anilines is 2. The summed E-state index contributed by atoms with van der Waals surface area (Å²) in [6.07, 6.45) is 0.575. The van der Waals surface area contributed by atoms with Gasteiger partial charge in [-0.3, -0.25) is 4.79 Å². The number of hydrogen-bond acceptors (Lipinski definition) is 6. The fourth-order valence-corrected chi connectivity index (χ4v) is 3.77. The summed E-state index contributed by atoms with van der Waals surface area (Å²) in [5, 5.41) is 13.7. The summed E-state index contributed by atoms with van der Waals surface area (Å²) in [6, 6.07) is 12.9. The van der Waals surface area contributed by atoms with E-state index in [1.807, 2.05) is 0 Å². The molecule has 160 valence electrons. The monoisotopic (exact) mass is 423 g/mol. The average molecular weight is 423 g/mol. The minimum absolute atomic E-state index is 0.0728. The van der Waals surface area contributed by atoms with E-state index >= 15 is 0 Å². The average Bonchev–Trinajstić information content (AvgIpc) is 2.79. The normalized spacial score (nSPS) is 15.2. The van der Waals surface area contributed by atoms with Crippen LogP contribution in [0.5, 0.6) is 11.5 Å². The number of aliphatic hydroxyl groups is 1. The van der Waals surface area contributed by atoms with E-state index in [1.165, 1.54) is 31.4 Å². The van der Waals surface area contributed by atoms with Crippen molar-refractivity contribution >= 4 is 17.4 Å². The van der Waals surface area contributed by atoms with Crippen molar-refractivity contribution < 1.29 is 23.8 Å². The number of aromatic nitrogens is 1. The van der Waals surface area contributed by atoms with Crippen LogP contribution in [0.15, 0.2) is 54.7 Å². The number of carbonyl (C=O) groups is 1. The Kier molecular flexibility index (Phi) is 5.73. The summed E-state index contributed by atoms with van der Waals surface area (Å²) in [5.41, 5.74) is 1.78. The summed E-state index contributed by atoms with van der Waals surface area (Å²) in [7, 11) is 3.06. The molecule has 0 unspecified atom stereocenters. The van der Waals surface area contributed by atoms with Crippen LogP contribution in [0.4, 0.5) is 15.9 Å². The van der Waals surface area contributed by atoms with Gasteiger partial charge in [-0.05, 0) is 36.4 Å². The maximum absolute atomic E-state index is 14.1. The Morgan fingerprint density at radius 3 is 2.61 bits per heavy atom. The number of para-hydroxylation sites is 1. The Morgan fingerprint density at radius 2 is 1.87 bits per heavy atom. The summed E-state index contributed by atoms with van der Waals surface area (Å²) in [5.74, 6) is 0.532. The molecule has 4 rings (SSSR count). The van der Waals surface area contributed by atoms with Gasteiger partial charge < -0.3 is 24.8 Å². The SMILES string of the molecule is COc1ccc(OC)c2c1CN(C(=O)c1cccnc1Nc1ccccc1F)C[C@H]2O. The van der Waals surface area contributed by atoms with Crippen molar-refractivity contribution in [2.45, 2.75) is 12.6 Å². The molecule has 2 N–H and O–H groups in total. The molecule has 0 saturated heterocycles. The van der Waals surface area contributed by atoms with E-state index in [-0.39, 0.29) is 36.1 Å². The number of benzene rings is 2. The van der Waals surface area contributed by atoms with Gasteiger partial charge in [-0.2, -0.15) is 0 Å². The summed E-state index contributed by atoms with van der Waals surface area (Å²) >= 11 is 0. The lowest BCUT2D eigenvalue weighted by molar-refractivity contribution is 0.0539. The van der Waals surface area contributed by atoms with Crippen LogP contribution in [0.1, 0.15) is 27.6 Å². The molecule has 7 nitrogen and oxygen atoms in total. The zero-order valence-electron chi connectivity index (χ0n) is 17.1. The lowest BCUT2D eigenvalue weighted by atomic mass is 9.94. The second-order valence-electron chi connectivity index (χ2n) is 7.07. The van der Waals surface area contributed by atoms with Crippen LogP contribution >= 0.6 is 0 Å². The first-order valence-electron chi connectivity index (χ1n) is 9.71. The number of β-amino-alcohol motifs (C(OH)–C–C–N with tert-alkyl or cyclic N) is 1. The zero-order valence-corrected chi connectivity index (χ0v) is 17.1. The second-order valence-corrected chi connectivity index (χ2v) is 7.07. The maximum Gasteiger partial charge on any atom is 0.258 e. The Hall–Kier alpha value is -3.65. The topological polar surface area (TPSA) is 83.9 Å². The number of nitrogens with zero attached hydrogens (tertiary/aromatic N) is 2. The number of hydrogen-bond donors (Lipinski definition) is 2. The molecule has 0 aliphatic carbocycles. The summed E-state index contributed by atoms with van der Waals surface area (Å²) < 4.78 is 24.9. The van der Waals surface area contributed by atoms with E-state index in [2.05, 4.69) is 10.3 Å². The van der Waals surface area contributed by atoms with Gasteiger partial charge in [-0.25, -0.2) is 9.37 Å². The van der Waals surface area contributed by atoms with Crippen molar-refractivity contribution in [1.29, 1.82) is 0 Å². The van der Waals surface area contributed by atoms with Gasteiger partial charge in [0.1, 0.15) is 29.2 Å². The first kappa shape index (κ1) is 20.6. The third-order valence-electron chi connectivity index (χ3n) is 5.24. The number of methoxy groups -OCH3 is 2. The van der Waals surface area contributed by atoms with E-state index in [9.17, 15) is 14.3 Å². The standard InChI is InChI=1S/C23H22FN3O4/c1-30-19-9-10-20(31-2)21-15(19)12-27(13-18(21)28)23(29)14-6-5-11-25-22(14)26-17-8-4-3-7-16(17)24/h3-11,18,28H,12-13H2,1-2H3,(H,25,26)/t18-/m1/s1. The molecule has 0 radical (unpaired) electrons. The van der Waals surface area contributed by atoms with E-state index in [4.69, 9.17) is 9.47 Å². The number of pyridine rings is 1. The Morgan fingerprint density at radius 1 is 1.13 bits per heavy atom. The van der Waals surface area contributed by atoms with Crippen LogP contribution in [0.2, 0.25) is 0 Å². The maximum atomic E-state index is 14.1. The fourth-order valence-electron chi connectivity index (χ4n) is 3.77. The molecule has 2 heterocycles. The van der Waals surface area contributed by atoms with Gasteiger partial charge in [0.05, 0.1) is 38.6 Å². The van der Waals surface area contributed by atoms with Gasteiger partial charge in [0.2, 0.25) is 0 Å². The highest BCUT2D eigenvalue weighted by atomic mass is 19.1. The zero-order chi connectivity index (χ0) is 22.0. The lowest BCUT2D eigenvalue weighted by Gasteiger charge is -2.34. The van der Waals surface area contributed by atoms with Gasteiger partial charge in [-0.15, -0.1) is 0 Å². The number of aliphatic hydroxyl groups excluding tert-OH is 1. The minimum Gasteiger partial charge on any atom is -0.496 e. The summed E-state index contributed by atoms with van der Waals surface area (Å²) in [4.78, 5) is 19.1. The number of carbonyl (C=O) groups excluding carboxylic acids is 1. The molecule has 2 aromatic carbocycles. The van der Waals surface area contributed by atoms with Crippen LogP contribution in [-0.4, -0.2) is 41.7 Å². The van der Waals surface area contributed by atoms with Gasteiger partial charge in [-0.1, -0.05) is 12.1 Å². The minimum atomic E-state index is -0.947. The van der Waals surface area contributed by atoms with Crippen LogP contribution < -0.4 is 14.8 Å². The quantitative estimate of drug-likeness (QED) is 0.652. The largest absolute Gasteiger partial charge is 0.496 e. The van der Waals surface area contributed by atoms with Gasteiger partial charge in [0, 0.05) is 17.3 Å². The molecule has 1 aliphatic rings.